The van der Waals surface area contributed by atoms with Gasteiger partial charge in [-0.25, -0.2) is 0 Å². The van der Waals surface area contributed by atoms with E-state index in [4.69, 9.17) is 71.1 Å². The van der Waals surface area contributed by atoms with E-state index in [2.05, 4.69) is 33.8 Å². The zero-order valence-corrected chi connectivity index (χ0v) is 56.1. The van der Waals surface area contributed by atoms with Crippen LogP contribution in [0.2, 0.25) is 0 Å². The van der Waals surface area contributed by atoms with E-state index in [1.165, 1.54) is 33.6 Å². The Balaban J connectivity index is 0.828. The van der Waals surface area contributed by atoms with Gasteiger partial charge in [-0.3, -0.25) is 9.59 Å². The number of methoxy groups -OCH3 is 2. The molecule has 7 aliphatic heterocycles. The zero-order valence-electron chi connectivity index (χ0n) is 56.1. The summed E-state index contributed by atoms with van der Waals surface area (Å²) in [6.07, 6.45) is -40.7. The molecular weight excluding hydrogens is 1290 g/mol. The highest BCUT2D eigenvalue weighted by molar-refractivity contribution is 5.99. The molecule has 32 nitrogen and oxygen atoms in total. The predicted octanol–water partition coefficient (Wildman–Crippen LogP) is -4.25. The zero-order chi connectivity index (χ0) is 70.5. The number of carbonyl (C=O) groups excluding carboxylic acids is 3. The van der Waals surface area contributed by atoms with Crippen molar-refractivity contribution in [2.75, 3.05) is 47.3 Å². The smallest absolute Gasteiger partial charge is 0.314 e. The van der Waals surface area contributed by atoms with Gasteiger partial charge in [-0.2, -0.15) is 0 Å². The Labute approximate surface area is 561 Å². The Morgan fingerprint density at radius 3 is 1.68 bits per heavy atom. The van der Waals surface area contributed by atoms with Gasteiger partial charge in [-0.15, -0.1) is 0 Å². The number of cyclic esters (lactones) is 1. The van der Waals surface area contributed by atoms with Crippen LogP contribution < -0.4 is 0 Å². The van der Waals surface area contributed by atoms with Crippen molar-refractivity contribution in [1.82, 2.24) is 0 Å². The summed E-state index contributed by atoms with van der Waals surface area (Å²) in [5.41, 5.74) is -2.87. The van der Waals surface area contributed by atoms with Crippen LogP contribution in [0.1, 0.15) is 106 Å². The molecule has 3 unspecified atom stereocenters. The summed E-state index contributed by atoms with van der Waals surface area (Å²) in [5, 5.41) is 156. The number of fused-ring (bicyclic) bond motifs is 4. The summed E-state index contributed by atoms with van der Waals surface area (Å²) in [6, 6.07) is 0. The first-order valence-corrected chi connectivity index (χ1v) is 33.9. The summed E-state index contributed by atoms with van der Waals surface area (Å²) in [5.74, 6) is -1.25. The van der Waals surface area contributed by atoms with Crippen LogP contribution >= 0.6 is 0 Å². The fraction of sp³-hybridized carbons (Fsp3) is 0.923. The molecule has 11 aliphatic rings. The molecule has 1 spiro atoms. The average molecular weight is 1400 g/mol. The standard InChI is InChI=1S/C65H102O32/c1-25(69)11-10-16-64(7)53-29(70)19-63(6)28-12-13-35-61(3,4)36(15-17-62(35,5)27(28)14-18-65(53,63)60(82)97-64)92-59-52(40(75)34(24-86-59)91-56-46(81)51(39(74)33(22-68)88-56)95-58-45(80)50(84-9)38(73)32(21-67)90-58)96-55-42(77)41(76)47(26(2)87-55)93-54-43(78)48(30(71)23-85-54)94-57-44(79)49(83-8)37(72)31(20-66)89-57/h14,26,28,30-59,66-68,71-81H,10-13,15-24H2,1-9H3/t26-,28?,30-,31-,32-,33-,34-,35?,36+,37-,38-,39-,40+,41-,42-,43-,44-,45-,46-,47-,48+,49+,50+,51+,52-,53-,54+,55+,56+,57+,58+,59+,62-,63+,64+,65?/m1/s1. The molecule has 3 saturated carbocycles. The molecule has 97 heavy (non-hydrogen) atoms. The molecule has 0 aromatic carbocycles. The monoisotopic (exact) mass is 1390 g/mol. The number of aliphatic hydroxyl groups excluding tert-OH is 14. The summed E-state index contributed by atoms with van der Waals surface area (Å²) in [7, 11) is 2.38. The number of carbonyl (C=O) groups is 3. The van der Waals surface area contributed by atoms with E-state index in [1.807, 2.05) is 6.92 Å². The lowest BCUT2D eigenvalue weighted by Crippen LogP contribution is -2.67. The second-order valence-electron chi connectivity index (χ2n) is 29.9. The number of ether oxygens (including phenoxy) is 15. The van der Waals surface area contributed by atoms with Gasteiger partial charge in [0.15, 0.2) is 37.7 Å². The van der Waals surface area contributed by atoms with Gasteiger partial charge in [0, 0.05) is 27.1 Å². The molecule has 14 N–H and O–H groups in total. The van der Waals surface area contributed by atoms with Crippen molar-refractivity contribution < 1.29 is 157 Å². The highest BCUT2D eigenvalue weighted by atomic mass is 16.8. The molecule has 0 aromatic rings. The fourth-order valence-electron chi connectivity index (χ4n) is 18.7. The maximum Gasteiger partial charge on any atom is 0.314 e. The van der Waals surface area contributed by atoms with Gasteiger partial charge in [0.1, 0.15) is 145 Å². The van der Waals surface area contributed by atoms with E-state index in [0.717, 1.165) is 0 Å². The van der Waals surface area contributed by atoms with Crippen LogP contribution in [0.15, 0.2) is 11.6 Å². The summed E-state index contributed by atoms with van der Waals surface area (Å²) in [4.78, 5) is 40.9. The number of rotatable bonds is 21. The lowest BCUT2D eigenvalue weighted by molar-refractivity contribution is -0.394. The summed E-state index contributed by atoms with van der Waals surface area (Å²) in [6.45, 7) is 9.84. The largest absolute Gasteiger partial charge is 0.458 e. The molecule has 0 amide bonds. The van der Waals surface area contributed by atoms with Gasteiger partial charge >= 0.3 is 5.97 Å². The molecule has 554 valence electrons. The van der Waals surface area contributed by atoms with E-state index >= 15 is 0 Å². The van der Waals surface area contributed by atoms with Crippen molar-refractivity contribution in [3.8, 4) is 0 Å². The third-order valence-corrected chi connectivity index (χ3v) is 23.9. The van der Waals surface area contributed by atoms with Gasteiger partial charge < -0.3 is 147 Å². The van der Waals surface area contributed by atoms with Crippen LogP contribution in [0.3, 0.4) is 0 Å². The number of hydrogen-bond donors (Lipinski definition) is 14. The Morgan fingerprint density at radius 2 is 1.09 bits per heavy atom. The minimum absolute atomic E-state index is 0.00621. The molecule has 10 fully saturated rings. The third kappa shape index (κ3) is 13.1. The maximum atomic E-state index is 14.5. The highest BCUT2D eigenvalue weighted by Crippen LogP contribution is 2.75. The molecule has 7 saturated heterocycles. The summed E-state index contributed by atoms with van der Waals surface area (Å²) >= 11 is 0. The first-order chi connectivity index (χ1) is 45.8. The second-order valence-corrected chi connectivity index (χ2v) is 29.9. The second kappa shape index (κ2) is 29.2. The Kier molecular flexibility index (Phi) is 22.7. The number of esters is 1. The van der Waals surface area contributed by atoms with E-state index < -0.39 is 244 Å². The van der Waals surface area contributed by atoms with Crippen molar-refractivity contribution in [1.29, 1.82) is 0 Å². The van der Waals surface area contributed by atoms with Crippen molar-refractivity contribution in [2.24, 2.45) is 39.4 Å². The molecule has 0 radical (unpaired) electrons. The van der Waals surface area contributed by atoms with Crippen molar-refractivity contribution >= 4 is 17.5 Å². The Hall–Kier alpha value is -2.57. The van der Waals surface area contributed by atoms with E-state index in [0.29, 0.717) is 51.4 Å². The van der Waals surface area contributed by atoms with E-state index in [-0.39, 0.29) is 35.8 Å². The quantitative estimate of drug-likeness (QED) is 0.0294. The predicted molar refractivity (Wildman–Crippen MR) is 321 cm³/mol. The maximum absolute atomic E-state index is 14.5. The number of ketones is 2. The number of allylic oxidation sites excluding steroid dienone is 2. The molecule has 32 heteroatoms. The number of Topliss-reactive ketones (excluding diaryl/α,β-unsaturated/α-hetero) is 2. The Bertz CT molecular complexity index is 2780. The van der Waals surface area contributed by atoms with Crippen LogP contribution in [-0.4, -0.2) is 320 Å². The molecule has 36 atom stereocenters. The lowest BCUT2D eigenvalue weighted by atomic mass is 9.41. The first-order valence-electron chi connectivity index (χ1n) is 33.9. The van der Waals surface area contributed by atoms with Crippen LogP contribution in [-0.2, 0) is 85.4 Å². The topological polar surface area (TPSA) is 473 Å². The molecule has 0 bridgehead atoms. The van der Waals surface area contributed by atoms with Crippen LogP contribution in [0.5, 0.6) is 0 Å². The summed E-state index contributed by atoms with van der Waals surface area (Å²) < 4.78 is 89.7. The molecule has 0 aromatic heterocycles. The van der Waals surface area contributed by atoms with Crippen LogP contribution in [0, 0.1) is 39.4 Å². The first kappa shape index (κ1) is 75.6. The number of aliphatic hydroxyl groups is 14. The minimum atomic E-state index is -2.04. The molecule has 11 rings (SSSR count). The van der Waals surface area contributed by atoms with Crippen molar-refractivity contribution in [3.05, 3.63) is 11.6 Å². The molecule has 4 aliphatic carbocycles. The lowest BCUT2D eigenvalue weighted by Gasteiger charge is -2.63. The van der Waals surface area contributed by atoms with Gasteiger partial charge in [0.25, 0.3) is 0 Å². The normalized spacial score (nSPS) is 52.1. The highest BCUT2D eigenvalue weighted by Gasteiger charge is 2.79. The van der Waals surface area contributed by atoms with Crippen molar-refractivity contribution in [2.45, 2.75) is 290 Å². The van der Waals surface area contributed by atoms with Crippen LogP contribution in [0.4, 0.5) is 0 Å². The number of hydrogen-bond acceptors (Lipinski definition) is 32. The average Bonchev–Trinajstić information content (AvgIpc) is 1.52. The van der Waals surface area contributed by atoms with Gasteiger partial charge in [0.2, 0.25) is 0 Å². The van der Waals surface area contributed by atoms with Crippen LogP contribution in [0.25, 0.3) is 0 Å². The van der Waals surface area contributed by atoms with Crippen molar-refractivity contribution in [3.63, 3.8) is 0 Å². The molecule has 7 heterocycles. The SMILES string of the molecule is CO[C@@H]1[C@@H](O)[C@H](O[C@@H]2[C@@H](O)[C@H](O[C@@H]3CO[C@@H](O[C@H]4CC[C@]5(C)C6=CCC78C(=O)O[C@@](C)(CCCC(C)=O)[C@H]7C(=O)C[C@@]8(C)C6CCC5C4(C)C)[C@H](O[C@@H]4O[C@H](C)[C@@H](O[C@@H]5OC[C@@H](O)[C@H](O[C@@H]6O[C@H](CO)[C@@H](O)[C@H](OC)[C@H]6O)[C@H]5O)[C@H](O)[C@H]4O)[C@H]3O)O[C@H](CO)[C@H]2O)O[C@H](CO)[C@H]1O. The fourth-order valence-corrected chi connectivity index (χ4v) is 18.7. The molecular formula is C65H102O32. The van der Waals surface area contributed by atoms with Gasteiger partial charge in [0.05, 0.1) is 56.6 Å². The minimum Gasteiger partial charge on any atom is -0.458 e. The van der Waals surface area contributed by atoms with E-state index in [1.54, 1.807) is 0 Å². The Morgan fingerprint density at radius 1 is 0.567 bits per heavy atom. The van der Waals surface area contributed by atoms with Gasteiger partial charge in [-0.05, 0) is 93.8 Å². The third-order valence-electron chi connectivity index (χ3n) is 23.9. The van der Waals surface area contributed by atoms with E-state index in [9.17, 15) is 85.9 Å². The van der Waals surface area contributed by atoms with Gasteiger partial charge in [-0.1, -0.05) is 39.3 Å².